The Morgan fingerprint density at radius 3 is 2.47 bits per heavy atom. The minimum absolute atomic E-state index is 0.0823. The molecule has 0 aliphatic carbocycles. The molecule has 0 bridgehead atoms. The van der Waals surface area contributed by atoms with Gasteiger partial charge in [-0.05, 0) is 50.1 Å². The number of anilines is 1. The number of carbonyl (C=O) groups is 2. The maximum Gasteiger partial charge on any atom is 0.242 e. The zero-order chi connectivity index (χ0) is 25.3. The third kappa shape index (κ3) is 7.73. The summed E-state index contributed by atoms with van der Waals surface area (Å²) in [5.41, 5.74) is 1.30. The van der Waals surface area contributed by atoms with Crippen LogP contribution in [0, 0.1) is 0 Å². The summed E-state index contributed by atoms with van der Waals surface area (Å²) in [6.07, 6.45) is 1.48. The molecular formula is C24H32BrN3O5S. The van der Waals surface area contributed by atoms with Crippen molar-refractivity contribution in [2.75, 3.05) is 30.8 Å². The lowest BCUT2D eigenvalue weighted by Crippen LogP contribution is -2.47. The van der Waals surface area contributed by atoms with Crippen molar-refractivity contribution >= 4 is 43.5 Å². The molecule has 186 valence electrons. The van der Waals surface area contributed by atoms with Crippen LogP contribution < -0.4 is 14.4 Å². The molecule has 0 saturated heterocycles. The topological polar surface area (TPSA) is 96.0 Å². The molecule has 0 aliphatic heterocycles. The van der Waals surface area contributed by atoms with Gasteiger partial charge in [-0.2, -0.15) is 0 Å². The van der Waals surface area contributed by atoms with Gasteiger partial charge < -0.3 is 15.0 Å². The highest BCUT2D eigenvalue weighted by Gasteiger charge is 2.27. The van der Waals surface area contributed by atoms with Gasteiger partial charge in [0.2, 0.25) is 21.8 Å². The summed E-state index contributed by atoms with van der Waals surface area (Å²) in [6.45, 7) is 4.34. The summed E-state index contributed by atoms with van der Waals surface area (Å²) < 4.78 is 32.4. The number of amides is 2. The smallest absolute Gasteiger partial charge is 0.242 e. The normalized spacial score (nSPS) is 12.0. The molecular weight excluding hydrogens is 522 g/mol. The van der Waals surface area contributed by atoms with E-state index < -0.39 is 16.1 Å². The highest BCUT2D eigenvalue weighted by Crippen LogP contribution is 2.29. The molecule has 0 spiro atoms. The van der Waals surface area contributed by atoms with E-state index in [4.69, 9.17) is 4.74 Å². The molecule has 2 aromatic rings. The molecule has 0 aliphatic rings. The van der Waals surface area contributed by atoms with Crippen LogP contribution in [0.3, 0.4) is 0 Å². The van der Waals surface area contributed by atoms with Gasteiger partial charge in [-0.25, -0.2) is 8.42 Å². The zero-order valence-electron chi connectivity index (χ0n) is 20.0. The number of benzene rings is 2. The number of para-hydroxylation sites is 2. The molecule has 8 nitrogen and oxygen atoms in total. The molecule has 0 aromatic heterocycles. The Morgan fingerprint density at radius 1 is 1.15 bits per heavy atom. The number of nitrogens with one attached hydrogen (secondary N) is 1. The van der Waals surface area contributed by atoms with E-state index in [1.165, 1.54) is 16.3 Å². The van der Waals surface area contributed by atoms with Crippen molar-refractivity contribution in [3.63, 3.8) is 0 Å². The van der Waals surface area contributed by atoms with Crippen molar-refractivity contribution in [3.8, 4) is 5.75 Å². The fourth-order valence-electron chi connectivity index (χ4n) is 3.55. The highest BCUT2D eigenvalue weighted by atomic mass is 79.9. The number of ether oxygens (including phenoxy) is 1. The molecule has 2 rings (SSSR count). The predicted octanol–water partition coefficient (Wildman–Crippen LogP) is 3.56. The van der Waals surface area contributed by atoms with Crippen LogP contribution in [0.2, 0.25) is 0 Å². The number of sulfonamides is 1. The van der Waals surface area contributed by atoms with E-state index in [0.717, 1.165) is 16.3 Å². The molecule has 1 N–H and O–H groups in total. The van der Waals surface area contributed by atoms with Crippen molar-refractivity contribution < 1.29 is 22.7 Å². The Hall–Kier alpha value is -2.59. The van der Waals surface area contributed by atoms with Crippen molar-refractivity contribution in [2.45, 2.75) is 39.3 Å². The summed E-state index contributed by atoms with van der Waals surface area (Å²) >= 11 is 3.43. The monoisotopic (exact) mass is 553 g/mol. The van der Waals surface area contributed by atoms with Crippen molar-refractivity contribution in [1.29, 1.82) is 0 Å². The van der Waals surface area contributed by atoms with Crippen LogP contribution >= 0.6 is 15.9 Å². The fourth-order valence-corrected chi connectivity index (χ4v) is 4.97. The van der Waals surface area contributed by atoms with E-state index in [-0.39, 0.29) is 37.7 Å². The second kappa shape index (κ2) is 12.8. The fraction of sp³-hybridized carbons (Fsp3) is 0.417. The Labute approximate surface area is 210 Å². The predicted molar refractivity (Wildman–Crippen MR) is 137 cm³/mol. The van der Waals surface area contributed by atoms with Crippen LogP contribution in [0.5, 0.6) is 5.75 Å². The van der Waals surface area contributed by atoms with E-state index in [1.54, 1.807) is 31.2 Å². The van der Waals surface area contributed by atoms with E-state index in [9.17, 15) is 18.0 Å². The zero-order valence-corrected chi connectivity index (χ0v) is 22.4. The van der Waals surface area contributed by atoms with E-state index in [2.05, 4.69) is 21.2 Å². The maximum absolute atomic E-state index is 13.2. The van der Waals surface area contributed by atoms with Gasteiger partial charge in [0.25, 0.3) is 0 Å². The maximum atomic E-state index is 13.2. The molecule has 0 heterocycles. The molecule has 0 radical (unpaired) electrons. The number of hydrogen-bond donors (Lipinski definition) is 1. The van der Waals surface area contributed by atoms with Gasteiger partial charge in [0.15, 0.2) is 0 Å². The number of halogens is 1. The highest BCUT2D eigenvalue weighted by molar-refractivity contribution is 9.10. The van der Waals surface area contributed by atoms with Gasteiger partial charge in [-0.3, -0.25) is 13.9 Å². The van der Waals surface area contributed by atoms with Crippen molar-refractivity contribution in [3.05, 3.63) is 58.6 Å². The van der Waals surface area contributed by atoms with Crippen LogP contribution in [-0.2, 0) is 26.2 Å². The summed E-state index contributed by atoms with van der Waals surface area (Å²) in [7, 11) is -2.12. The van der Waals surface area contributed by atoms with Crippen LogP contribution in [0.1, 0.15) is 32.3 Å². The quantitative estimate of drug-likeness (QED) is 0.433. The summed E-state index contributed by atoms with van der Waals surface area (Å²) in [6, 6.07) is 13.7. The van der Waals surface area contributed by atoms with Crippen LogP contribution in [0.15, 0.2) is 53.0 Å². The summed E-state index contributed by atoms with van der Waals surface area (Å²) in [4.78, 5) is 27.2. The Bertz CT molecular complexity index is 1090. The summed E-state index contributed by atoms with van der Waals surface area (Å²) in [5.74, 6) is -0.0368. The lowest BCUT2D eigenvalue weighted by molar-refractivity contribution is -0.140. The molecule has 2 aromatic carbocycles. The van der Waals surface area contributed by atoms with Gasteiger partial charge in [0.05, 0.1) is 19.1 Å². The van der Waals surface area contributed by atoms with Crippen molar-refractivity contribution in [1.82, 2.24) is 10.2 Å². The first kappa shape index (κ1) is 27.7. The molecule has 2 amide bonds. The minimum atomic E-state index is -3.60. The third-order valence-corrected chi connectivity index (χ3v) is 6.94. The molecule has 1 unspecified atom stereocenters. The second-order valence-corrected chi connectivity index (χ2v) is 10.7. The van der Waals surface area contributed by atoms with Gasteiger partial charge in [-0.1, -0.05) is 40.2 Å². The molecule has 34 heavy (non-hydrogen) atoms. The molecule has 1 atom stereocenters. The first-order valence-corrected chi connectivity index (χ1v) is 13.6. The number of nitrogens with zero attached hydrogens (tertiary/aromatic N) is 2. The number of likely N-dealkylation sites (N-methyl/N-ethyl adjacent to an activating group) is 1. The van der Waals surface area contributed by atoms with E-state index in [1.807, 2.05) is 31.2 Å². The van der Waals surface area contributed by atoms with Crippen LogP contribution in [0.4, 0.5) is 5.69 Å². The van der Waals surface area contributed by atoms with E-state index >= 15 is 0 Å². The number of carbonyl (C=O) groups excluding carboxylic acids is 2. The number of rotatable bonds is 12. The van der Waals surface area contributed by atoms with Gasteiger partial charge in [-0.15, -0.1) is 0 Å². The summed E-state index contributed by atoms with van der Waals surface area (Å²) in [5, 5.41) is 2.76. The lowest BCUT2D eigenvalue weighted by atomic mass is 10.1. The van der Waals surface area contributed by atoms with E-state index in [0.29, 0.717) is 18.0 Å². The first-order chi connectivity index (χ1) is 16.1. The average Bonchev–Trinajstić information content (AvgIpc) is 2.79. The average molecular weight is 555 g/mol. The number of hydrogen-bond acceptors (Lipinski definition) is 5. The SMILES string of the molecule is CCNC(=O)C(C)N(Cc1cccc(Br)c1)C(=O)CCCN(c1ccccc1OC)S(C)(=O)=O. The Balaban J connectivity index is 2.18. The largest absolute Gasteiger partial charge is 0.495 e. The molecule has 10 heteroatoms. The first-order valence-electron chi connectivity index (χ1n) is 11.0. The Morgan fingerprint density at radius 2 is 1.85 bits per heavy atom. The van der Waals surface area contributed by atoms with Gasteiger partial charge in [0, 0.05) is 30.5 Å². The van der Waals surface area contributed by atoms with Gasteiger partial charge in [0.1, 0.15) is 11.8 Å². The van der Waals surface area contributed by atoms with Crippen molar-refractivity contribution in [2.24, 2.45) is 0 Å². The Kier molecular flexibility index (Phi) is 10.4. The second-order valence-electron chi connectivity index (χ2n) is 7.83. The minimum Gasteiger partial charge on any atom is -0.495 e. The van der Waals surface area contributed by atoms with Crippen LogP contribution in [-0.4, -0.2) is 57.6 Å². The molecule has 0 saturated carbocycles. The standard InChI is InChI=1S/C24H32BrN3O5S/c1-5-26-24(30)18(2)27(17-19-10-8-11-20(25)16-19)23(29)14-9-15-28(34(4,31)32)21-12-6-7-13-22(21)33-3/h6-8,10-13,16,18H,5,9,14-15,17H2,1-4H3,(H,26,30). The molecule has 0 fully saturated rings. The number of methoxy groups -OCH3 is 1. The van der Waals surface area contributed by atoms with Gasteiger partial charge >= 0.3 is 0 Å². The third-order valence-electron chi connectivity index (χ3n) is 5.27. The van der Waals surface area contributed by atoms with Crippen LogP contribution in [0.25, 0.3) is 0 Å². The lowest BCUT2D eigenvalue weighted by Gasteiger charge is -2.29.